The summed E-state index contributed by atoms with van der Waals surface area (Å²) in [5.41, 5.74) is 1.99. The van der Waals surface area contributed by atoms with Gasteiger partial charge in [0.15, 0.2) is 5.78 Å². The molecule has 0 aromatic heterocycles. The smallest absolute Gasteiger partial charge is 0.255 e. The Labute approximate surface area is 141 Å². The van der Waals surface area contributed by atoms with E-state index in [2.05, 4.69) is 10.6 Å². The van der Waals surface area contributed by atoms with Gasteiger partial charge in [-0.1, -0.05) is 6.07 Å². The predicted molar refractivity (Wildman–Crippen MR) is 93.4 cm³/mol. The Morgan fingerprint density at radius 3 is 1.96 bits per heavy atom. The van der Waals surface area contributed by atoms with Gasteiger partial charge in [0, 0.05) is 28.4 Å². The number of hydrogen-bond donors (Lipinski definition) is 2. The summed E-state index contributed by atoms with van der Waals surface area (Å²) in [7, 11) is 0. The zero-order valence-electron chi connectivity index (χ0n) is 13.9. The van der Waals surface area contributed by atoms with Crippen LogP contribution in [-0.2, 0) is 0 Å². The van der Waals surface area contributed by atoms with Gasteiger partial charge in [0.05, 0.1) is 0 Å². The van der Waals surface area contributed by atoms with Crippen LogP contribution in [0.15, 0.2) is 48.5 Å². The molecule has 0 aliphatic rings. The Hall–Kier alpha value is -2.95. The number of rotatable bonds is 5. The second kappa shape index (κ2) is 7.55. The van der Waals surface area contributed by atoms with E-state index in [1.807, 2.05) is 13.8 Å². The van der Waals surface area contributed by atoms with E-state index in [0.717, 1.165) is 0 Å². The van der Waals surface area contributed by atoms with Gasteiger partial charge in [0.2, 0.25) is 0 Å². The molecule has 0 saturated heterocycles. The number of benzene rings is 2. The summed E-state index contributed by atoms with van der Waals surface area (Å²) in [6.07, 6.45) is 0. The van der Waals surface area contributed by atoms with Crippen molar-refractivity contribution in [2.75, 3.05) is 5.32 Å². The van der Waals surface area contributed by atoms with Crippen LogP contribution in [0.5, 0.6) is 0 Å². The molecule has 0 bridgehead atoms. The van der Waals surface area contributed by atoms with Crippen LogP contribution in [0, 0.1) is 0 Å². The summed E-state index contributed by atoms with van der Waals surface area (Å²) < 4.78 is 0. The van der Waals surface area contributed by atoms with Crippen LogP contribution in [0.1, 0.15) is 51.8 Å². The second-order valence-corrected chi connectivity index (χ2v) is 5.80. The minimum absolute atomic E-state index is 0.0229. The molecule has 2 amide bonds. The Balaban J connectivity index is 2.12. The van der Waals surface area contributed by atoms with Gasteiger partial charge in [0.25, 0.3) is 11.8 Å². The third-order valence-electron chi connectivity index (χ3n) is 3.36. The van der Waals surface area contributed by atoms with Gasteiger partial charge in [-0.15, -0.1) is 0 Å². The summed E-state index contributed by atoms with van der Waals surface area (Å²) in [5.74, 6) is -0.563. The molecule has 0 saturated carbocycles. The van der Waals surface area contributed by atoms with Gasteiger partial charge in [-0.2, -0.15) is 0 Å². The standard InChI is InChI=1S/C19H20N2O3/c1-12(2)20-18(23)15-5-4-6-16(11-15)19(24)21-17-9-7-14(8-10-17)13(3)22/h4-12H,1-3H3,(H,20,23)(H,21,24). The van der Waals surface area contributed by atoms with Crippen molar-refractivity contribution in [3.8, 4) is 0 Å². The third kappa shape index (κ3) is 4.52. The fourth-order valence-electron chi connectivity index (χ4n) is 2.14. The molecule has 5 heteroatoms. The van der Waals surface area contributed by atoms with Crippen molar-refractivity contribution in [3.05, 3.63) is 65.2 Å². The minimum atomic E-state index is -0.315. The Kier molecular flexibility index (Phi) is 5.47. The maximum atomic E-state index is 12.3. The number of nitrogens with one attached hydrogen (secondary N) is 2. The average molecular weight is 324 g/mol. The van der Waals surface area contributed by atoms with Crippen molar-refractivity contribution in [2.45, 2.75) is 26.8 Å². The SMILES string of the molecule is CC(=O)c1ccc(NC(=O)c2cccc(C(=O)NC(C)C)c2)cc1. The van der Waals surface area contributed by atoms with Gasteiger partial charge in [0.1, 0.15) is 0 Å². The molecule has 0 atom stereocenters. The minimum Gasteiger partial charge on any atom is -0.350 e. The first kappa shape index (κ1) is 17.4. The zero-order valence-corrected chi connectivity index (χ0v) is 13.9. The third-order valence-corrected chi connectivity index (χ3v) is 3.36. The van der Waals surface area contributed by atoms with Gasteiger partial charge in [-0.3, -0.25) is 14.4 Å². The number of carbonyl (C=O) groups excluding carboxylic acids is 3. The number of anilines is 1. The molecule has 0 spiro atoms. The predicted octanol–water partition coefficient (Wildman–Crippen LogP) is 3.28. The van der Waals surface area contributed by atoms with Crippen molar-refractivity contribution in [1.82, 2.24) is 5.32 Å². The monoisotopic (exact) mass is 324 g/mol. The van der Waals surface area contributed by atoms with Gasteiger partial charge < -0.3 is 10.6 Å². The van der Waals surface area contributed by atoms with Crippen molar-refractivity contribution in [1.29, 1.82) is 0 Å². The van der Waals surface area contributed by atoms with Crippen molar-refractivity contribution >= 4 is 23.3 Å². The van der Waals surface area contributed by atoms with Crippen molar-refractivity contribution in [2.24, 2.45) is 0 Å². The normalized spacial score (nSPS) is 10.3. The number of hydrogen-bond acceptors (Lipinski definition) is 3. The molecule has 0 radical (unpaired) electrons. The van der Waals surface area contributed by atoms with E-state index in [1.54, 1.807) is 48.5 Å². The highest BCUT2D eigenvalue weighted by atomic mass is 16.2. The molecule has 0 unspecified atom stereocenters. The molecule has 24 heavy (non-hydrogen) atoms. The van der Waals surface area contributed by atoms with Crippen LogP contribution >= 0.6 is 0 Å². The van der Waals surface area contributed by atoms with Crippen LogP contribution < -0.4 is 10.6 Å². The highest BCUT2D eigenvalue weighted by Crippen LogP contribution is 2.13. The molecule has 2 aromatic carbocycles. The van der Waals surface area contributed by atoms with Gasteiger partial charge >= 0.3 is 0 Å². The summed E-state index contributed by atoms with van der Waals surface area (Å²) in [4.78, 5) is 35.6. The first-order valence-electron chi connectivity index (χ1n) is 7.70. The van der Waals surface area contributed by atoms with Crippen molar-refractivity contribution in [3.63, 3.8) is 0 Å². The summed E-state index contributed by atoms with van der Waals surface area (Å²) in [6, 6.07) is 13.2. The van der Waals surface area contributed by atoms with E-state index in [1.165, 1.54) is 6.92 Å². The molecule has 0 fully saturated rings. The van der Waals surface area contributed by atoms with E-state index < -0.39 is 0 Å². The van der Waals surface area contributed by atoms with Crippen LogP contribution in [0.3, 0.4) is 0 Å². The molecule has 5 nitrogen and oxygen atoms in total. The van der Waals surface area contributed by atoms with E-state index in [9.17, 15) is 14.4 Å². The lowest BCUT2D eigenvalue weighted by molar-refractivity contribution is 0.0942. The number of carbonyl (C=O) groups is 3. The fraction of sp³-hybridized carbons (Fsp3) is 0.211. The van der Waals surface area contributed by atoms with E-state index in [0.29, 0.717) is 22.4 Å². The maximum Gasteiger partial charge on any atom is 0.255 e. The number of amides is 2. The highest BCUT2D eigenvalue weighted by molar-refractivity contribution is 6.06. The zero-order chi connectivity index (χ0) is 17.7. The van der Waals surface area contributed by atoms with Crippen LogP contribution in [-0.4, -0.2) is 23.6 Å². The summed E-state index contributed by atoms with van der Waals surface area (Å²) in [5, 5.41) is 5.54. The average Bonchev–Trinajstić information content (AvgIpc) is 2.54. The van der Waals surface area contributed by atoms with Crippen LogP contribution in [0.25, 0.3) is 0 Å². The maximum absolute atomic E-state index is 12.3. The molecule has 2 aromatic rings. The molecule has 0 aliphatic heterocycles. The first-order valence-corrected chi connectivity index (χ1v) is 7.70. The number of Topliss-reactive ketones (excluding diaryl/α,β-unsaturated/α-hetero) is 1. The molecule has 0 aliphatic carbocycles. The Morgan fingerprint density at radius 1 is 0.833 bits per heavy atom. The van der Waals surface area contributed by atoms with Crippen LogP contribution in [0.4, 0.5) is 5.69 Å². The first-order chi connectivity index (χ1) is 11.4. The largest absolute Gasteiger partial charge is 0.350 e. The lowest BCUT2D eigenvalue weighted by Gasteiger charge is -2.10. The van der Waals surface area contributed by atoms with Crippen molar-refractivity contribution < 1.29 is 14.4 Å². The lowest BCUT2D eigenvalue weighted by atomic mass is 10.1. The van der Waals surface area contributed by atoms with Gasteiger partial charge in [-0.25, -0.2) is 0 Å². The fourth-order valence-corrected chi connectivity index (χ4v) is 2.14. The highest BCUT2D eigenvalue weighted by Gasteiger charge is 2.11. The molecule has 2 rings (SSSR count). The quantitative estimate of drug-likeness (QED) is 0.829. The molecule has 124 valence electrons. The molecular weight excluding hydrogens is 304 g/mol. The van der Waals surface area contributed by atoms with Gasteiger partial charge in [-0.05, 0) is 63.2 Å². The molecule has 2 N–H and O–H groups in total. The summed E-state index contributed by atoms with van der Waals surface area (Å²) in [6.45, 7) is 5.24. The van der Waals surface area contributed by atoms with Crippen LogP contribution in [0.2, 0.25) is 0 Å². The number of ketones is 1. The van der Waals surface area contributed by atoms with E-state index in [-0.39, 0.29) is 23.6 Å². The molecular formula is C19H20N2O3. The second-order valence-electron chi connectivity index (χ2n) is 5.80. The topological polar surface area (TPSA) is 75.3 Å². The molecule has 0 heterocycles. The Morgan fingerprint density at radius 2 is 1.42 bits per heavy atom. The summed E-state index contributed by atoms with van der Waals surface area (Å²) >= 11 is 0. The Bertz CT molecular complexity index is 764. The van der Waals surface area contributed by atoms with E-state index >= 15 is 0 Å². The lowest BCUT2D eigenvalue weighted by Crippen LogP contribution is -2.30. The van der Waals surface area contributed by atoms with E-state index in [4.69, 9.17) is 0 Å².